The number of halogens is 3. The maximum Gasteiger partial charge on any atom is 0.416 e. The molecule has 0 fully saturated rings. The lowest BCUT2D eigenvalue weighted by Crippen LogP contribution is -2.20. The lowest BCUT2D eigenvalue weighted by molar-refractivity contribution is -0.137. The zero-order valence-electron chi connectivity index (χ0n) is 18.7. The lowest BCUT2D eigenvalue weighted by Gasteiger charge is -2.13. The molecule has 8 nitrogen and oxygen atoms in total. The van der Waals surface area contributed by atoms with Crippen molar-refractivity contribution in [1.82, 2.24) is 24.6 Å². The average molecular weight is 469 g/mol. The van der Waals surface area contributed by atoms with E-state index in [0.29, 0.717) is 12.2 Å². The van der Waals surface area contributed by atoms with E-state index < -0.39 is 17.8 Å². The second-order valence-corrected chi connectivity index (χ2v) is 7.99. The van der Waals surface area contributed by atoms with Crippen molar-refractivity contribution in [3.63, 3.8) is 0 Å². The highest BCUT2D eigenvalue weighted by molar-refractivity contribution is 5.99. The molecule has 2 N–H and O–H groups in total. The Hall–Kier alpha value is -3.99. The average Bonchev–Trinajstić information content (AvgIpc) is 3.13. The molecule has 2 amide bonds. The highest BCUT2D eigenvalue weighted by Crippen LogP contribution is 2.31. The van der Waals surface area contributed by atoms with Crippen molar-refractivity contribution in [1.29, 1.82) is 0 Å². The van der Waals surface area contributed by atoms with Crippen LogP contribution in [0.15, 0.2) is 54.9 Å². The highest BCUT2D eigenvalue weighted by Gasteiger charge is 2.30. The molecule has 1 aromatic carbocycles. The number of aromatic nitrogens is 4. The summed E-state index contributed by atoms with van der Waals surface area (Å²) in [4.78, 5) is 22.7. The van der Waals surface area contributed by atoms with Crippen LogP contribution < -0.4 is 10.6 Å². The van der Waals surface area contributed by atoms with Crippen molar-refractivity contribution in [3.05, 3.63) is 66.1 Å². The first-order chi connectivity index (χ1) is 16.1. The summed E-state index contributed by atoms with van der Waals surface area (Å²) < 4.78 is 40.3. The van der Waals surface area contributed by atoms with Gasteiger partial charge in [-0.25, -0.2) is 14.8 Å². The third-order valence-corrected chi connectivity index (χ3v) is 5.02. The molecule has 0 aliphatic carbocycles. The predicted octanol–water partition coefficient (Wildman–Crippen LogP) is 4.75. The van der Waals surface area contributed by atoms with Gasteiger partial charge >= 0.3 is 12.2 Å². The third-order valence-electron chi connectivity index (χ3n) is 5.02. The van der Waals surface area contributed by atoms with Crippen LogP contribution in [0.1, 0.15) is 11.3 Å². The number of carbonyl (C=O) groups excluding carboxylic acids is 1. The Balaban J connectivity index is 1.53. The Morgan fingerprint density at radius 1 is 1.09 bits per heavy atom. The van der Waals surface area contributed by atoms with Crippen LogP contribution >= 0.6 is 0 Å². The first-order valence-electron chi connectivity index (χ1n) is 10.3. The molecular formula is C23H22F3N7O. The number of amides is 2. The minimum atomic E-state index is -4.52. The Labute approximate surface area is 193 Å². The number of rotatable bonds is 5. The van der Waals surface area contributed by atoms with Crippen molar-refractivity contribution < 1.29 is 18.0 Å². The van der Waals surface area contributed by atoms with Gasteiger partial charge in [0.15, 0.2) is 5.65 Å². The predicted molar refractivity (Wildman–Crippen MR) is 123 cm³/mol. The quantitative estimate of drug-likeness (QED) is 0.440. The van der Waals surface area contributed by atoms with Crippen LogP contribution in [-0.4, -0.2) is 44.8 Å². The number of fused-ring (bicyclic) bond motifs is 1. The molecule has 0 atom stereocenters. The molecule has 176 valence electrons. The summed E-state index contributed by atoms with van der Waals surface area (Å²) in [6.07, 6.45) is -1.77. The minimum absolute atomic E-state index is 0.201. The van der Waals surface area contributed by atoms with Gasteiger partial charge in [0.1, 0.15) is 5.82 Å². The molecule has 3 aromatic heterocycles. The largest absolute Gasteiger partial charge is 0.416 e. The fourth-order valence-electron chi connectivity index (χ4n) is 3.50. The van der Waals surface area contributed by atoms with Gasteiger partial charge in [-0.15, -0.1) is 0 Å². The van der Waals surface area contributed by atoms with Crippen LogP contribution in [0.25, 0.3) is 22.2 Å². The van der Waals surface area contributed by atoms with E-state index in [4.69, 9.17) is 4.98 Å². The molecular weight excluding hydrogens is 447 g/mol. The first-order valence-corrected chi connectivity index (χ1v) is 10.3. The molecule has 0 radical (unpaired) electrons. The van der Waals surface area contributed by atoms with E-state index in [-0.39, 0.29) is 5.82 Å². The van der Waals surface area contributed by atoms with Gasteiger partial charge in [0.05, 0.1) is 17.5 Å². The summed E-state index contributed by atoms with van der Waals surface area (Å²) in [6, 6.07) is 10.0. The second-order valence-electron chi connectivity index (χ2n) is 7.99. The zero-order valence-corrected chi connectivity index (χ0v) is 18.7. The number of alkyl halides is 3. The topological polar surface area (TPSA) is 88.0 Å². The Bertz CT molecular complexity index is 1330. The summed E-state index contributed by atoms with van der Waals surface area (Å²) in [5.74, 6) is -0.201. The fraction of sp³-hybridized carbons (Fsp3) is 0.217. The number of anilines is 2. The number of pyridine rings is 2. The molecule has 3 heterocycles. The van der Waals surface area contributed by atoms with Crippen molar-refractivity contribution in [3.8, 4) is 11.1 Å². The molecule has 0 saturated carbocycles. The number of nitrogens with zero attached hydrogens (tertiary/aromatic N) is 5. The van der Waals surface area contributed by atoms with Gasteiger partial charge < -0.3 is 10.2 Å². The van der Waals surface area contributed by atoms with E-state index in [2.05, 4.69) is 20.7 Å². The number of nitrogens with one attached hydrogen (secondary N) is 2. The van der Waals surface area contributed by atoms with Gasteiger partial charge in [0.2, 0.25) is 0 Å². The molecule has 4 rings (SSSR count). The van der Waals surface area contributed by atoms with E-state index in [0.717, 1.165) is 46.2 Å². The highest BCUT2D eigenvalue weighted by atomic mass is 19.4. The van der Waals surface area contributed by atoms with Crippen molar-refractivity contribution in [2.75, 3.05) is 24.7 Å². The molecule has 0 saturated heterocycles. The monoisotopic (exact) mass is 469 g/mol. The molecule has 0 bridgehead atoms. The fourth-order valence-corrected chi connectivity index (χ4v) is 3.50. The van der Waals surface area contributed by atoms with Crippen LogP contribution in [0.2, 0.25) is 0 Å². The molecule has 0 unspecified atom stereocenters. The maximum absolute atomic E-state index is 12.8. The zero-order chi connectivity index (χ0) is 24.5. The molecule has 11 heteroatoms. The minimum Gasteiger partial charge on any atom is -0.308 e. The summed E-state index contributed by atoms with van der Waals surface area (Å²) in [5.41, 5.74) is 3.11. The van der Waals surface area contributed by atoms with Crippen LogP contribution in [0, 0.1) is 0 Å². The maximum atomic E-state index is 12.8. The van der Waals surface area contributed by atoms with Crippen LogP contribution in [0.4, 0.5) is 29.5 Å². The van der Waals surface area contributed by atoms with Crippen LogP contribution in [0.5, 0.6) is 0 Å². The number of urea groups is 1. The van der Waals surface area contributed by atoms with Gasteiger partial charge in [-0.05, 0) is 55.6 Å². The Morgan fingerprint density at radius 2 is 1.82 bits per heavy atom. The van der Waals surface area contributed by atoms with Gasteiger partial charge in [-0.1, -0.05) is 12.1 Å². The van der Waals surface area contributed by atoms with Gasteiger partial charge in [0, 0.05) is 30.9 Å². The van der Waals surface area contributed by atoms with Gasteiger partial charge in [-0.2, -0.15) is 18.3 Å². The van der Waals surface area contributed by atoms with E-state index in [1.54, 1.807) is 23.0 Å². The smallest absolute Gasteiger partial charge is 0.308 e. The van der Waals surface area contributed by atoms with E-state index in [1.807, 2.05) is 44.2 Å². The number of hydrogen-bond donors (Lipinski definition) is 2. The van der Waals surface area contributed by atoms with E-state index >= 15 is 0 Å². The van der Waals surface area contributed by atoms with Crippen molar-refractivity contribution in [2.45, 2.75) is 12.7 Å². The van der Waals surface area contributed by atoms with Crippen molar-refractivity contribution in [2.24, 2.45) is 7.05 Å². The SMILES string of the molecule is CN(C)Cc1cc(-c2ccc(NC(=O)Nc3cc(C(F)(F)F)ccn3)cc2)c2cnn(C)c2n1. The second kappa shape index (κ2) is 9.10. The van der Waals surface area contributed by atoms with Crippen molar-refractivity contribution >= 4 is 28.6 Å². The molecule has 4 aromatic rings. The number of aryl methyl sites for hydroxylation is 1. The lowest BCUT2D eigenvalue weighted by atomic mass is 10.0. The Morgan fingerprint density at radius 3 is 2.50 bits per heavy atom. The standard InChI is InChI=1S/C23H22F3N7O/c1-32(2)13-17-11-18(19-12-28-33(3)21(19)29-17)14-4-6-16(7-5-14)30-22(34)31-20-10-15(8-9-27-20)23(24,25)26/h4-12H,13H2,1-3H3,(H2,27,30,31,34). The summed E-state index contributed by atoms with van der Waals surface area (Å²) in [7, 11) is 5.77. The number of hydrogen-bond acceptors (Lipinski definition) is 5. The Kier molecular flexibility index (Phi) is 6.20. The van der Waals surface area contributed by atoms with E-state index in [1.165, 1.54) is 0 Å². The number of carbonyl (C=O) groups is 1. The molecule has 0 spiro atoms. The normalized spacial score (nSPS) is 11.7. The first kappa shape index (κ1) is 23.2. The van der Waals surface area contributed by atoms with Crippen LogP contribution in [-0.2, 0) is 19.8 Å². The summed E-state index contributed by atoms with van der Waals surface area (Å²) >= 11 is 0. The van der Waals surface area contributed by atoms with Crippen LogP contribution in [0.3, 0.4) is 0 Å². The third kappa shape index (κ3) is 5.15. The number of benzene rings is 1. The summed E-state index contributed by atoms with van der Waals surface area (Å²) in [6.45, 7) is 0.664. The summed E-state index contributed by atoms with van der Waals surface area (Å²) in [5, 5.41) is 10.1. The van der Waals surface area contributed by atoms with Gasteiger partial charge in [0.25, 0.3) is 0 Å². The molecule has 0 aliphatic rings. The van der Waals surface area contributed by atoms with Gasteiger partial charge in [-0.3, -0.25) is 10.00 Å². The van der Waals surface area contributed by atoms with E-state index in [9.17, 15) is 18.0 Å². The molecule has 34 heavy (non-hydrogen) atoms. The molecule has 0 aliphatic heterocycles.